The summed E-state index contributed by atoms with van der Waals surface area (Å²) in [6.07, 6.45) is 2.53. The van der Waals surface area contributed by atoms with Gasteiger partial charge in [-0.1, -0.05) is 43.6 Å². The van der Waals surface area contributed by atoms with Gasteiger partial charge in [-0.25, -0.2) is 0 Å². The van der Waals surface area contributed by atoms with Crippen molar-refractivity contribution in [2.24, 2.45) is 11.7 Å². The average molecular weight is 281 g/mol. The summed E-state index contributed by atoms with van der Waals surface area (Å²) in [5.41, 5.74) is 7.45. The van der Waals surface area contributed by atoms with Crippen LogP contribution in [0.1, 0.15) is 45.2 Å². The fraction of sp³-hybridized carbons (Fsp3) is 0.625. The van der Waals surface area contributed by atoms with Crippen molar-refractivity contribution in [1.82, 2.24) is 4.90 Å². The summed E-state index contributed by atoms with van der Waals surface area (Å²) < 4.78 is 0. The first kappa shape index (κ1) is 14.8. The zero-order valence-corrected chi connectivity index (χ0v) is 12.9. The van der Waals surface area contributed by atoms with Crippen LogP contribution in [0.25, 0.3) is 0 Å². The number of hydrogen-bond donors (Lipinski definition) is 1. The highest BCUT2D eigenvalue weighted by molar-refractivity contribution is 6.31. The van der Waals surface area contributed by atoms with Crippen molar-refractivity contribution in [3.05, 3.63) is 34.9 Å². The molecule has 1 heterocycles. The molecule has 0 aromatic heterocycles. The monoisotopic (exact) mass is 280 g/mol. The van der Waals surface area contributed by atoms with Gasteiger partial charge in [0, 0.05) is 17.1 Å². The number of nitrogens with two attached hydrogens (primary N) is 1. The Kier molecular flexibility index (Phi) is 4.88. The lowest BCUT2D eigenvalue weighted by Gasteiger charge is -2.38. The van der Waals surface area contributed by atoms with E-state index in [9.17, 15) is 0 Å². The second kappa shape index (κ2) is 6.25. The minimum Gasteiger partial charge on any atom is -0.326 e. The Morgan fingerprint density at radius 2 is 1.95 bits per heavy atom. The highest BCUT2D eigenvalue weighted by atomic mass is 35.5. The minimum atomic E-state index is 0.0826. The summed E-state index contributed by atoms with van der Waals surface area (Å²) in [7, 11) is 0. The van der Waals surface area contributed by atoms with Crippen molar-refractivity contribution < 1.29 is 0 Å². The molecule has 0 radical (unpaired) electrons. The highest BCUT2D eigenvalue weighted by Crippen LogP contribution is 2.36. The second-order valence-electron chi connectivity index (χ2n) is 6.02. The molecule has 0 bridgehead atoms. The molecular weight excluding hydrogens is 256 g/mol. The van der Waals surface area contributed by atoms with Crippen LogP contribution in [0, 0.1) is 5.92 Å². The van der Waals surface area contributed by atoms with Crippen LogP contribution in [0.2, 0.25) is 5.02 Å². The van der Waals surface area contributed by atoms with Gasteiger partial charge in [0.05, 0.1) is 6.04 Å². The average Bonchev–Trinajstić information content (AvgIpc) is 2.80. The number of hydrogen-bond acceptors (Lipinski definition) is 2. The van der Waals surface area contributed by atoms with Gasteiger partial charge in [0.1, 0.15) is 0 Å². The fourth-order valence-electron chi connectivity index (χ4n) is 3.36. The van der Waals surface area contributed by atoms with Crippen LogP contribution in [0.4, 0.5) is 0 Å². The molecule has 1 saturated heterocycles. The summed E-state index contributed by atoms with van der Waals surface area (Å²) in [5, 5.41) is 0.833. The van der Waals surface area contributed by atoms with E-state index in [1.807, 2.05) is 12.1 Å². The van der Waals surface area contributed by atoms with Crippen molar-refractivity contribution in [1.29, 1.82) is 0 Å². The van der Waals surface area contributed by atoms with E-state index < -0.39 is 0 Å². The van der Waals surface area contributed by atoms with Crippen LogP contribution in [-0.2, 0) is 0 Å². The third-order valence-electron chi connectivity index (χ3n) is 4.19. The van der Waals surface area contributed by atoms with Crippen molar-refractivity contribution in [2.45, 2.75) is 51.7 Å². The van der Waals surface area contributed by atoms with Crippen LogP contribution in [-0.4, -0.2) is 23.5 Å². The van der Waals surface area contributed by atoms with Gasteiger partial charge >= 0.3 is 0 Å². The van der Waals surface area contributed by atoms with E-state index in [4.69, 9.17) is 17.3 Å². The normalized spacial score (nSPS) is 23.8. The number of halogens is 1. The largest absolute Gasteiger partial charge is 0.326 e. The summed E-state index contributed by atoms with van der Waals surface area (Å²) in [6, 6.07) is 9.04. The third-order valence-corrected chi connectivity index (χ3v) is 4.54. The number of benzene rings is 1. The van der Waals surface area contributed by atoms with E-state index in [1.165, 1.54) is 18.4 Å². The quantitative estimate of drug-likeness (QED) is 0.908. The van der Waals surface area contributed by atoms with Gasteiger partial charge in [-0.15, -0.1) is 0 Å². The number of nitrogens with zero attached hydrogens (tertiary/aromatic N) is 1. The Balaban J connectivity index is 2.33. The molecule has 1 aliphatic rings. The maximum absolute atomic E-state index is 6.39. The van der Waals surface area contributed by atoms with Crippen LogP contribution < -0.4 is 5.73 Å². The molecule has 2 N–H and O–H groups in total. The van der Waals surface area contributed by atoms with Crippen molar-refractivity contribution in [2.75, 3.05) is 6.54 Å². The lowest BCUT2D eigenvalue weighted by molar-refractivity contribution is 0.130. The van der Waals surface area contributed by atoms with Crippen LogP contribution in [0.15, 0.2) is 24.3 Å². The molecule has 3 atom stereocenters. The topological polar surface area (TPSA) is 29.3 Å². The summed E-state index contributed by atoms with van der Waals surface area (Å²) in [4.78, 5) is 2.57. The van der Waals surface area contributed by atoms with Gasteiger partial charge in [0.15, 0.2) is 0 Å². The lowest BCUT2D eigenvalue weighted by Crippen LogP contribution is -2.44. The van der Waals surface area contributed by atoms with Crippen LogP contribution >= 0.6 is 11.6 Å². The smallest absolute Gasteiger partial charge is 0.0514 e. The van der Waals surface area contributed by atoms with Gasteiger partial charge in [-0.2, -0.15) is 0 Å². The van der Waals surface area contributed by atoms with E-state index in [2.05, 4.69) is 37.8 Å². The summed E-state index contributed by atoms with van der Waals surface area (Å²) >= 11 is 6.39. The van der Waals surface area contributed by atoms with Crippen molar-refractivity contribution >= 4 is 11.6 Å². The first-order valence-electron chi connectivity index (χ1n) is 7.28. The molecule has 1 fully saturated rings. The Morgan fingerprint density at radius 3 is 2.53 bits per heavy atom. The zero-order chi connectivity index (χ0) is 14.0. The molecule has 3 heteroatoms. The van der Waals surface area contributed by atoms with E-state index in [1.54, 1.807) is 0 Å². The molecule has 1 aromatic rings. The molecule has 2 nitrogen and oxygen atoms in total. The van der Waals surface area contributed by atoms with E-state index in [0.29, 0.717) is 12.0 Å². The van der Waals surface area contributed by atoms with E-state index in [0.717, 1.165) is 11.6 Å². The lowest BCUT2D eigenvalue weighted by atomic mass is 9.95. The Hall–Kier alpha value is -0.570. The highest BCUT2D eigenvalue weighted by Gasteiger charge is 2.35. The van der Waals surface area contributed by atoms with E-state index >= 15 is 0 Å². The Bertz CT molecular complexity index is 417. The number of rotatable bonds is 4. The molecule has 1 aromatic carbocycles. The Labute approximate surface area is 121 Å². The van der Waals surface area contributed by atoms with Gasteiger partial charge in [0.2, 0.25) is 0 Å². The standard InChI is InChI=1S/C16H25ClN2/c1-11(2)15-9-6-10-19(15)16(12(3)18)13-7-4-5-8-14(13)17/h4-5,7-8,11-12,15-16H,6,9-10,18H2,1-3H3. The Morgan fingerprint density at radius 1 is 1.26 bits per heavy atom. The summed E-state index contributed by atoms with van der Waals surface area (Å²) in [6.45, 7) is 7.81. The maximum Gasteiger partial charge on any atom is 0.0514 e. The molecule has 0 aliphatic carbocycles. The molecule has 0 amide bonds. The third kappa shape index (κ3) is 3.13. The molecule has 2 rings (SSSR count). The minimum absolute atomic E-state index is 0.0826. The molecule has 3 unspecified atom stereocenters. The molecule has 106 valence electrons. The molecule has 0 spiro atoms. The zero-order valence-electron chi connectivity index (χ0n) is 12.1. The first-order valence-corrected chi connectivity index (χ1v) is 7.66. The van der Waals surface area contributed by atoms with Crippen LogP contribution in [0.3, 0.4) is 0 Å². The van der Waals surface area contributed by atoms with E-state index in [-0.39, 0.29) is 12.1 Å². The van der Waals surface area contributed by atoms with Crippen molar-refractivity contribution in [3.8, 4) is 0 Å². The second-order valence-corrected chi connectivity index (χ2v) is 6.42. The predicted molar refractivity (Wildman–Crippen MR) is 82.4 cm³/mol. The molecule has 19 heavy (non-hydrogen) atoms. The SMILES string of the molecule is CC(C)C1CCCN1C(c1ccccc1Cl)C(C)N. The summed E-state index contributed by atoms with van der Waals surface area (Å²) in [5.74, 6) is 0.659. The molecular formula is C16H25ClN2. The maximum atomic E-state index is 6.39. The van der Waals surface area contributed by atoms with Gasteiger partial charge in [-0.3, -0.25) is 4.90 Å². The molecule has 0 saturated carbocycles. The van der Waals surface area contributed by atoms with Gasteiger partial charge < -0.3 is 5.73 Å². The van der Waals surface area contributed by atoms with Crippen LogP contribution in [0.5, 0.6) is 0 Å². The van der Waals surface area contributed by atoms with Gasteiger partial charge in [-0.05, 0) is 43.9 Å². The number of likely N-dealkylation sites (tertiary alicyclic amines) is 1. The fourth-order valence-corrected chi connectivity index (χ4v) is 3.60. The predicted octanol–water partition coefficient (Wildman–Crippen LogP) is 3.85. The van der Waals surface area contributed by atoms with Crippen molar-refractivity contribution in [3.63, 3.8) is 0 Å². The first-order chi connectivity index (χ1) is 9.02. The molecule has 1 aliphatic heterocycles. The van der Waals surface area contributed by atoms with Gasteiger partial charge in [0.25, 0.3) is 0 Å².